The van der Waals surface area contributed by atoms with Crippen molar-refractivity contribution in [3.63, 3.8) is 0 Å². The topological polar surface area (TPSA) is 65.8 Å². The fourth-order valence-corrected chi connectivity index (χ4v) is 2.04. The molecule has 0 aliphatic carbocycles. The van der Waals surface area contributed by atoms with E-state index >= 15 is 0 Å². The zero-order valence-electron chi connectivity index (χ0n) is 11.5. The third-order valence-electron chi connectivity index (χ3n) is 3.14. The number of urea groups is 1. The Labute approximate surface area is 118 Å². The van der Waals surface area contributed by atoms with Crippen LogP contribution in [-0.2, 0) is 4.79 Å². The van der Waals surface area contributed by atoms with Gasteiger partial charge in [0.05, 0.1) is 6.26 Å². The third kappa shape index (κ3) is 3.63. The van der Waals surface area contributed by atoms with Gasteiger partial charge in [-0.2, -0.15) is 0 Å². The number of hydrogen-bond donors (Lipinski definition) is 1. The number of rotatable bonds is 3. The first kappa shape index (κ1) is 14.2. The highest BCUT2D eigenvalue weighted by molar-refractivity contribution is 5.91. The van der Waals surface area contributed by atoms with Crippen LogP contribution in [0.1, 0.15) is 12.7 Å². The summed E-state index contributed by atoms with van der Waals surface area (Å²) in [6.07, 6.45) is 4.72. The van der Waals surface area contributed by atoms with Crippen molar-refractivity contribution in [3.8, 4) is 0 Å². The maximum absolute atomic E-state index is 12.0. The number of furan rings is 1. The van der Waals surface area contributed by atoms with Crippen molar-refractivity contribution < 1.29 is 14.0 Å². The maximum atomic E-state index is 12.0. The van der Waals surface area contributed by atoms with Crippen molar-refractivity contribution in [1.82, 2.24) is 15.1 Å². The molecule has 1 aromatic rings. The first-order chi connectivity index (χ1) is 9.70. The Kier molecular flexibility index (Phi) is 4.81. The molecule has 3 amide bonds. The summed E-state index contributed by atoms with van der Waals surface area (Å²) < 4.78 is 5.13. The fraction of sp³-hybridized carbons (Fsp3) is 0.429. The number of carbonyl (C=O) groups excluding carboxylic acids is 2. The lowest BCUT2D eigenvalue weighted by Gasteiger charge is -2.34. The molecule has 0 radical (unpaired) electrons. The Morgan fingerprint density at radius 3 is 2.60 bits per heavy atom. The van der Waals surface area contributed by atoms with Gasteiger partial charge < -0.3 is 19.5 Å². The minimum absolute atomic E-state index is 0.0584. The zero-order chi connectivity index (χ0) is 14.4. The van der Waals surface area contributed by atoms with Crippen LogP contribution in [0, 0.1) is 0 Å². The molecule has 2 rings (SSSR count). The molecule has 2 heterocycles. The smallest absolute Gasteiger partial charge is 0.317 e. The maximum Gasteiger partial charge on any atom is 0.317 e. The number of piperazine rings is 1. The van der Waals surface area contributed by atoms with Crippen LogP contribution >= 0.6 is 0 Å². The van der Waals surface area contributed by atoms with Gasteiger partial charge in [0.15, 0.2) is 0 Å². The number of amides is 3. The second-order valence-corrected chi connectivity index (χ2v) is 4.50. The third-order valence-corrected chi connectivity index (χ3v) is 3.14. The van der Waals surface area contributed by atoms with E-state index in [0.29, 0.717) is 38.5 Å². The Morgan fingerprint density at radius 1 is 1.30 bits per heavy atom. The molecule has 6 heteroatoms. The largest absolute Gasteiger partial charge is 0.465 e. The summed E-state index contributed by atoms with van der Waals surface area (Å²) in [5.41, 5.74) is 0. The van der Waals surface area contributed by atoms with Crippen LogP contribution in [0.15, 0.2) is 28.9 Å². The van der Waals surface area contributed by atoms with Crippen LogP contribution in [0.5, 0.6) is 0 Å². The molecule has 1 saturated heterocycles. The van der Waals surface area contributed by atoms with Crippen molar-refractivity contribution in [1.29, 1.82) is 0 Å². The average Bonchev–Trinajstić information content (AvgIpc) is 2.98. The first-order valence-electron chi connectivity index (χ1n) is 6.74. The van der Waals surface area contributed by atoms with Crippen molar-refractivity contribution in [2.45, 2.75) is 6.92 Å². The predicted molar refractivity (Wildman–Crippen MR) is 75.0 cm³/mol. The Balaban J connectivity index is 1.81. The molecule has 1 fully saturated rings. The summed E-state index contributed by atoms with van der Waals surface area (Å²) in [4.78, 5) is 27.1. The molecule has 1 N–H and O–H groups in total. The van der Waals surface area contributed by atoms with E-state index in [1.165, 1.54) is 6.08 Å². The van der Waals surface area contributed by atoms with Gasteiger partial charge in [-0.05, 0) is 25.1 Å². The van der Waals surface area contributed by atoms with E-state index in [4.69, 9.17) is 4.42 Å². The number of nitrogens with zero attached hydrogens (tertiary/aromatic N) is 2. The van der Waals surface area contributed by atoms with E-state index in [1.807, 2.05) is 6.92 Å². The van der Waals surface area contributed by atoms with Crippen LogP contribution in [0.3, 0.4) is 0 Å². The second-order valence-electron chi connectivity index (χ2n) is 4.50. The van der Waals surface area contributed by atoms with Crippen LogP contribution < -0.4 is 5.32 Å². The molecule has 0 atom stereocenters. The van der Waals surface area contributed by atoms with Gasteiger partial charge in [-0.1, -0.05) is 0 Å². The van der Waals surface area contributed by atoms with Gasteiger partial charge in [0, 0.05) is 38.8 Å². The molecular weight excluding hydrogens is 258 g/mol. The van der Waals surface area contributed by atoms with Gasteiger partial charge in [0.2, 0.25) is 5.91 Å². The van der Waals surface area contributed by atoms with Crippen molar-refractivity contribution in [3.05, 3.63) is 30.2 Å². The molecule has 0 spiro atoms. The Hall–Kier alpha value is -2.24. The number of carbonyl (C=O) groups is 2. The quantitative estimate of drug-likeness (QED) is 0.843. The van der Waals surface area contributed by atoms with E-state index in [0.717, 1.165) is 0 Å². The first-order valence-corrected chi connectivity index (χ1v) is 6.74. The van der Waals surface area contributed by atoms with Crippen LogP contribution in [-0.4, -0.2) is 54.5 Å². The highest BCUT2D eigenvalue weighted by Crippen LogP contribution is 2.06. The summed E-state index contributed by atoms with van der Waals surface area (Å²) in [7, 11) is 0. The van der Waals surface area contributed by atoms with Crippen LogP contribution in [0.4, 0.5) is 4.79 Å². The average molecular weight is 277 g/mol. The van der Waals surface area contributed by atoms with E-state index in [-0.39, 0.29) is 11.9 Å². The van der Waals surface area contributed by atoms with E-state index < -0.39 is 0 Å². The molecule has 0 aromatic carbocycles. The normalized spacial score (nSPS) is 15.7. The summed E-state index contributed by atoms with van der Waals surface area (Å²) in [5.74, 6) is 0.594. The minimum Gasteiger partial charge on any atom is -0.465 e. The molecule has 20 heavy (non-hydrogen) atoms. The number of nitrogens with one attached hydrogen (secondary N) is 1. The van der Waals surface area contributed by atoms with Gasteiger partial charge in [-0.15, -0.1) is 0 Å². The molecular formula is C14H19N3O3. The highest BCUT2D eigenvalue weighted by atomic mass is 16.3. The molecule has 6 nitrogen and oxygen atoms in total. The van der Waals surface area contributed by atoms with Gasteiger partial charge in [-0.3, -0.25) is 4.79 Å². The fourth-order valence-electron chi connectivity index (χ4n) is 2.04. The highest BCUT2D eigenvalue weighted by Gasteiger charge is 2.22. The predicted octanol–water partition coefficient (Wildman–Crippen LogP) is 1.17. The van der Waals surface area contributed by atoms with Crippen molar-refractivity contribution >= 4 is 18.0 Å². The Morgan fingerprint density at radius 2 is 2.00 bits per heavy atom. The molecule has 108 valence electrons. The zero-order valence-corrected chi connectivity index (χ0v) is 11.5. The van der Waals surface area contributed by atoms with Crippen LogP contribution in [0.25, 0.3) is 6.08 Å². The molecule has 1 aliphatic heterocycles. The summed E-state index contributed by atoms with van der Waals surface area (Å²) in [6.45, 7) is 4.73. The lowest BCUT2D eigenvalue weighted by atomic mass is 10.3. The summed E-state index contributed by atoms with van der Waals surface area (Å²) in [6, 6.07) is 3.50. The van der Waals surface area contributed by atoms with Gasteiger partial charge >= 0.3 is 6.03 Å². The summed E-state index contributed by atoms with van der Waals surface area (Å²) in [5, 5.41) is 2.76. The second kappa shape index (κ2) is 6.79. The number of hydrogen-bond acceptors (Lipinski definition) is 3. The van der Waals surface area contributed by atoms with E-state index in [2.05, 4.69) is 5.32 Å². The SMILES string of the molecule is CCNC(=O)N1CCN(C(=O)/C=C/c2ccco2)CC1. The molecule has 0 bridgehead atoms. The van der Waals surface area contributed by atoms with Crippen molar-refractivity contribution in [2.24, 2.45) is 0 Å². The summed E-state index contributed by atoms with van der Waals surface area (Å²) >= 11 is 0. The van der Waals surface area contributed by atoms with Gasteiger partial charge in [0.1, 0.15) is 5.76 Å². The van der Waals surface area contributed by atoms with Crippen molar-refractivity contribution in [2.75, 3.05) is 32.7 Å². The van der Waals surface area contributed by atoms with Gasteiger partial charge in [-0.25, -0.2) is 4.79 Å². The standard InChI is InChI=1S/C14H19N3O3/c1-2-15-14(19)17-9-7-16(8-10-17)13(18)6-5-12-4-3-11-20-12/h3-6,11H,2,7-10H2,1H3,(H,15,19)/b6-5+. The molecule has 0 unspecified atom stereocenters. The lowest BCUT2D eigenvalue weighted by molar-refractivity contribution is -0.127. The van der Waals surface area contributed by atoms with Gasteiger partial charge in [0.25, 0.3) is 0 Å². The monoisotopic (exact) mass is 277 g/mol. The van der Waals surface area contributed by atoms with E-state index in [9.17, 15) is 9.59 Å². The van der Waals surface area contributed by atoms with Crippen LogP contribution in [0.2, 0.25) is 0 Å². The molecule has 1 aromatic heterocycles. The lowest BCUT2D eigenvalue weighted by Crippen LogP contribution is -2.52. The molecule has 0 saturated carbocycles. The molecule has 1 aliphatic rings. The van der Waals surface area contributed by atoms with E-state index in [1.54, 1.807) is 34.3 Å². The minimum atomic E-state index is -0.0641. The Bertz CT molecular complexity index is 474.